The molecular formula is C21H17NO3. The second-order valence-corrected chi connectivity index (χ2v) is 6.06. The van der Waals surface area contributed by atoms with Crippen molar-refractivity contribution in [1.29, 1.82) is 0 Å². The van der Waals surface area contributed by atoms with Crippen LogP contribution in [0.5, 0.6) is 0 Å². The van der Waals surface area contributed by atoms with E-state index >= 15 is 0 Å². The number of benzene rings is 3. The Balaban J connectivity index is 1.44. The Morgan fingerprint density at radius 1 is 0.920 bits per heavy atom. The molecule has 1 aliphatic rings. The minimum absolute atomic E-state index is 0.195. The minimum Gasteiger partial charge on any atom is -0.452 e. The molecule has 4 nitrogen and oxygen atoms in total. The standard InChI is InChI=1S/C21H17NO3/c23-20(22-12-11-16-6-3-4-8-19(16)22)14-25-21(24)18-10-9-15-5-1-2-7-17(15)13-18/h1-10,13H,11-12,14H2. The summed E-state index contributed by atoms with van der Waals surface area (Å²) in [7, 11) is 0. The SMILES string of the molecule is O=C(OCC(=O)N1CCc2ccccc21)c1ccc2ccccc2c1. The van der Waals surface area contributed by atoms with Gasteiger partial charge in [0.1, 0.15) is 0 Å². The van der Waals surface area contributed by atoms with E-state index < -0.39 is 5.97 Å². The van der Waals surface area contributed by atoms with Crippen LogP contribution in [0.3, 0.4) is 0 Å². The molecule has 3 aromatic carbocycles. The summed E-state index contributed by atoms with van der Waals surface area (Å²) in [4.78, 5) is 26.3. The van der Waals surface area contributed by atoms with Crippen LogP contribution in [0.25, 0.3) is 10.8 Å². The zero-order valence-corrected chi connectivity index (χ0v) is 13.6. The first-order valence-electron chi connectivity index (χ1n) is 8.26. The maximum Gasteiger partial charge on any atom is 0.338 e. The lowest BCUT2D eigenvalue weighted by Gasteiger charge is -2.17. The van der Waals surface area contributed by atoms with E-state index in [-0.39, 0.29) is 12.5 Å². The zero-order chi connectivity index (χ0) is 17.2. The van der Waals surface area contributed by atoms with Gasteiger partial charge in [-0.05, 0) is 41.0 Å². The Labute approximate surface area is 145 Å². The Morgan fingerprint density at radius 3 is 2.56 bits per heavy atom. The van der Waals surface area contributed by atoms with Gasteiger partial charge >= 0.3 is 5.97 Å². The summed E-state index contributed by atoms with van der Waals surface area (Å²) in [5.41, 5.74) is 2.51. The number of amides is 1. The van der Waals surface area contributed by atoms with Crippen molar-refractivity contribution >= 4 is 28.3 Å². The summed E-state index contributed by atoms with van der Waals surface area (Å²) in [5, 5.41) is 2.03. The van der Waals surface area contributed by atoms with Gasteiger partial charge in [0.2, 0.25) is 0 Å². The smallest absolute Gasteiger partial charge is 0.338 e. The highest BCUT2D eigenvalue weighted by atomic mass is 16.5. The number of esters is 1. The molecule has 0 aromatic heterocycles. The van der Waals surface area contributed by atoms with E-state index in [0.717, 1.165) is 28.4 Å². The number of para-hydroxylation sites is 1. The van der Waals surface area contributed by atoms with Crippen molar-refractivity contribution < 1.29 is 14.3 Å². The summed E-state index contributed by atoms with van der Waals surface area (Å²) in [6, 6.07) is 21.0. The third-order valence-electron chi connectivity index (χ3n) is 4.50. The highest BCUT2D eigenvalue weighted by Crippen LogP contribution is 2.27. The molecule has 0 aliphatic carbocycles. The van der Waals surface area contributed by atoms with Crippen molar-refractivity contribution in [3.05, 3.63) is 77.9 Å². The first-order valence-corrected chi connectivity index (χ1v) is 8.26. The van der Waals surface area contributed by atoms with Crippen LogP contribution in [0.1, 0.15) is 15.9 Å². The summed E-state index contributed by atoms with van der Waals surface area (Å²) in [5.74, 6) is -0.675. The van der Waals surface area contributed by atoms with Crippen LogP contribution in [0.2, 0.25) is 0 Å². The largest absolute Gasteiger partial charge is 0.452 e. The molecule has 0 fully saturated rings. The third kappa shape index (κ3) is 2.98. The topological polar surface area (TPSA) is 46.6 Å². The first kappa shape index (κ1) is 15.4. The molecule has 4 heteroatoms. The number of nitrogens with zero attached hydrogens (tertiary/aromatic N) is 1. The molecule has 1 heterocycles. The fraction of sp³-hybridized carbons (Fsp3) is 0.143. The molecule has 0 spiro atoms. The highest BCUT2D eigenvalue weighted by Gasteiger charge is 2.25. The Bertz CT molecular complexity index is 964. The molecule has 0 saturated heterocycles. The molecule has 25 heavy (non-hydrogen) atoms. The molecule has 0 radical (unpaired) electrons. The first-order chi connectivity index (χ1) is 12.2. The molecule has 4 rings (SSSR count). The van der Waals surface area contributed by atoms with Gasteiger partial charge in [0, 0.05) is 12.2 Å². The van der Waals surface area contributed by atoms with Crippen molar-refractivity contribution in [3.63, 3.8) is 0 Å². The number of carbonyl (C=O) groups excluding carboxylic acids is 2. The fourth-order valence-electron chi connectivity index (χ4n) is 3.20. The zero-order valence-electron chi connectivity index (χ0n) is 13.6. The Hall–Kier alpha value is -3.14. The number of rotatable bonds is 3. The molecular weight excluding hydrogens is 314 g/mol. The average Bonchev–Trinajstić information content (AvgIpc) is 3.09. The molecule has 0 unspecified atom stereocenters. The van der Waals surface area contributed by atoms with Gasteiger partial charge in [-0.1, -0.05) is 48.5 Å². The average molecular weight is 331 g/mol. The van der Waals surface area contributed by atoms with Crippen LogP contribution in [0.4, 0.5) is 5.69 Å². The van der Waals surface area contributed by atoms with Gasteiger partial charge in [-0.15, -0.1) is 0 Å². The third-order valence-corrected chi connectivity index (χ3v) is 4.50. The van der Waals surface area contributed by atoms with Crippen molar-refractivity contribution in [3.8, 4) is 0 Å². The molecule has 1 amide bonds. The number of fused-ring (bicyclic) bond motifs is 2. The van der Waals surface area contributed by atoms with Crippen LogP contribution in [-0.2, 0) is 16.0 Å². The predicted octanol–water partition coefficient (Wildman–Crippen LogP) is 3.59. The monoisotopic (exact) mass is 331 g/mol. The minimum atomic E-state index is -0.480. The molecule has 0 N–H and O–H groups in total. The van der Waals surface area contributed by atoms with Crippen LogP contribution in [-0.4, -0.2) is 25.0 Å². The van der Waals surface area contributed by atoms with Crippen LogP contribution in [0.15, 0.2) is 66.7 Å². The van der Waals surface area contributed by atoms with Crippen LogP contribution >= 0.6 is 0 Å². The second kappa shape index (κ2) is 6.40. The van der Waals surface area contributed by atoms with Gasteiger partial charge in [0.15, 0.2) is 6.61 Å². The molecule has 0 bridgehead atoms. The molecule has 124 valence electrons. The van der Waals surface area contributed by atoms with Crippen molar-refractivity contribution in [2.24, 2.45) is 0 Å². The lowest BCUT2D eigenvalue weighted by molar-refractivity contribution is -0.121. The van der Waals surface area contributed by atoms with E-state index in [1.54, 1.807) is 17.0 Å². The van der Waals surface area contributed by atoms with E-state index in [9.17, 15) is 9.59 Å². The lowest BCUT2D eigenvalue weighted by atomic mass is 10.1. The van der Waals surface area contributed by atoms with Crippen molar-refractivity contribution in [2.45, 2.75) is 6.42 Å². The van der Waals surface area contributed by atoms with Gasteiger partial charge in [-0.25, -0.2) is 4.79 Å². The van der Waals surface area contributed by atoms with Gasteiger partial charge in [-0.2, -0.15) is 0 Å². The van der Waals surface area contributed by atoms with Crippen LogP contribution in [0, 0.1) is 0 Å². The van der Waals surface area contributed by atoms with Gasteiger partial charge in [0.05, 0.1) is 5.56 Å². The summed E-state index contributed by atoms with van der Waals surface area (Å²) in [6.45, 7) is 0.381. The van der Waals surface area contributed by atoms with Crippen molar-refractivity contribution in [1.82, 2.24) is 0 Å². The molecule has 0 atom stereocenters. The fourth-order valence-corrected chi connectivity index (χ4v) is 3.20. The van der Waals surface area contributed by atoms with Crippen LogP contribution < -0.4 is 4.90 Å². The number of anilines is 1. The number of ether oxygens (including phenoxy) is 1. The Kier molecular flexibility index (Phi) is 3.94. The summed E-state index contributed by atoms with van der Waals surface area (Å²) >= 11 is 0. The molecule has 1 aliphatic heterocycles. The maximum absolute atomic E-state index is 12.4. The highest BCUT2D eigenvalue weighted by molar-refractivity contribution is 5.99. The maximum atomic E-state index is 12.4. The summed E-state index contributed by atoms with van der Waals surface area (Å²) in [6.07, 6.45) is 0.834. The number of hydrogen-bond acceptors (Lipinski definition) is 3. The lowest BCUT2D eigenvalue weighted by Crippen LogP contribution is -2.33. The van der Waals surface area contributed by atoms with E-state index in [4.69, 9.17) is 4.74 Å². The normalized spacial score (nSPS) is 12.9. The van der Waals surface area contributed by atoms with Gasteiger partial charge in [0.25, 0.3) is 5.91 Å². The quantitative estimate of drug-likeness (QED) is 0.689. The van der Waals surface area contributed by atoms with E-state index in [1.807, 2.05) is 54.6 Å². The molecule has 0 saturated carbocycles. The number of hydrogen-bond donors (Lipinski definition) is 0. The van der Waals surface area contributed by atoms with Gasteiger partial charge < -0.3 is 9.64 Å². The Morgan fingerprint density at radius 2 is 1.68 bits per heavy atom. The number of carbonyl (C=O) groups is 2. The van der Waals surface area contributed by atoms with Gasteiger partial charge in [-0.3, -0.25) is 4.79 Å². The summed E-state index contributed by atoms with van der Waals surface area (Å²) < 4.78 is 5.24. The van der Waals surface area contributed by atoms with E-state index in [1.165, 1.54) is 0 Å². The van der Waals surface area contributed by atoms with E-state index in [0.29, 0.717) is 12.1 Å². The predicted molar refractivity (Wildman–Crippen MR) is 96.7 cm³/mol. The van der Waals surface area contributed by atoms with Crippen molar-refractivity contribution in [2.75, 3.05) is 18.1 Å². The molecule has 3 aromatic rings. The second-order valence-electron chi connectivity index (χ2n) is 6.06. The van der Waals surface area contributed by atoms with E-state index in [2.05, 4.69) is 0 Å².